The van der Waals surface area contributed by atoms with E-state index in [1.807, 2.05) is 0 Å². The smallest absolute Gasteiger partial charge is 0.0689 e. The molecule has 0 N–H and O–H groups in total. The van der Waals surface area contributed by atoms with Crippen LogP contribution in [0.5, 0.6) is 0 Å². The van der Waals surface area contributed by atoms with Gasteiger partial charge in [0.15, 0.2) is 0 Å². The molecule has 0 amide bonds. The summed E-state index contributed by atoms with van der Waals surface area (Å²) < 4.78 is 0. The molecule has 1 nitrogen and oxygen atoms in total. The van der Waals surface area contributed by atoms with Gasteiger partial charge in [0, 0.05) is 0 Å². The summed E-state index contributed by atoms with van der Waals surface area (Å²) in [4.78, 5) is 0. The monoisotopic (exact) mass is 385 g/mol. The van der Waals surface area contributed by atoms with Crippen LogP contribution in [0.4, 0.5) is 0 Å². The summed E-state index contributed by atoms with van der Waals surface area (Å²) in [5.41, 5.74) is 0.0343. The summed E-state index contributed by atoms with van der Waals surface area (Å²) in [5, 5.41) is 9.98. The van der Waals surface area contributed by atoms with Crippen LogP contribution in [-0.2, 0) is 0 Å². The molecule has 28 heavy (non-hydrogen) atoms. The molecule has 0 bridgehead atoms. The Morgan fingerprint density at radius 1 is 0.750 bits per heavy atom. The Morgan fingerprint density at radius 3 is 1.93 bits per heavy atom. The van der Waals surface area contributed by atoms with E-state index in [2.05, 4.69) is 19.9 Å². The lowest BCUT2D eigenvalue weighted by Gasteiger charge is -2.43. The first-order valence-corrected chi connectivity index (χ1v) is 13.1. The average Bonchev–Trinajstić information content (AvgIpc) is 2.75. The quantitative estimate of drug-likeness (QED) is 0.383. The Hall–Kier alpha value is -0.510. The maximum Gasteiger partial charge on any atom is 0.0689 e. The zero-order valence-corrected chi connectivity index (χ0v) is 19.1. The van der Waals surface area contributed by atoms with Crippen molar-refractivity contribution in [2.75, 3.05) is 0 Å². The molecule has 3 saturated carbocycles. The lowest BCUT2D eigenvalue weighted by molar-refractivity contribution is 0.0814. The van der Waals surface area contributed by atoms with Crippen molar-refractivity contribution in [3.63, 3.8) is 0 Å². The first-order chi connectivity index (χ1) is 13.7. The molecular formula is C27H47N. The van der Waals surface area contributed by atoms with E-state index in [-0.39, 0.29) is 5.41 Å². The molecule has 1 heteroatoms. The topological polar surface area (TPSA) is 23.8 Å². The predicted molar refractivity (Wildman–Crippen MR) is 120 cm³/mol. The largest absolute Gasteiger partial charge is 0.198 e. The van der Waals surface area contributed by atoms with E-state index < -0.39 is 0 Å². The maximum absolute atomic E-state index is 9.98. The van der Waals surface area contributed by atoms with Crippen molar-refractivity contribution >= 4 is 0 Å². The van der Waals surface area contributed by atoms with Gasteiger partial charge in [0.2, 0.25) is 0 Å². The number of unbranched alkanes of at least 4 members (excludes halogenated alkanes) is 2. The van der Waals surface area contributed by atoms with Gasteiger partial charge in [-0.15, -0.1) is 0 Å². The fourth-order valence-electron chi connectivity index (χ4n) is 7.35. The predicted octanol–water partition coefficient (Wildman–Crippen LogP) is 8.68. The van der Waals surface area contributed by atoms with E-state index >= 15 is 0 Å². The first-order valence-electron chi connectivity index (χ1n) is 13.1. The minimum absolute atomic E-state index is 0.0343. The van der Waals surface area contributed by atoms with Crippen LogP contribution in [0.1, 0.15) is 129 Å². The molecule has 160 valence electrons. The van der Waals surface area contributed by atoms with Crippen LogP contribution >= 0.6 is 0 Å². The zero-order chi connectivity index (χ0) is 19.8. The Labute approximate surface area is 176 Å². The second kappa shape index (κ2) is 11.0. The number of rotatable bonds is 8. The van der Waals surface area contributed by atoms with Gasteiger partial charge in [-0.2, -0.15) is 5.26 Å². The number of hydrogen-bond donors (Lipinski definition) is 0. The van der Waals surface area contributed by atoms with Gasteiger partial charge in [-0.25, -0.2) is 0 Å². The van der Waals surface area contributed by atoms with Gasteiger partial charge in [-0.1, -0.05) is 71.6 Å². The molecule has 3 aliphatic carbocycles. The summed E-state index contributed by atoms with van der Waals surface area (Å²) in [6.45, 7) is 4.63. The summed E-state index contributed by atoms with van der Waals surface area (Å²) in [7, 11) is 0. The van der Waals surface area contributed by atoms with E-state index in [0.29, 0.717) is 0 Å². The molecule has 3 rings (SSSR count). The van der Waals surface area contributed by atoms with Gasteiger partial charge in [-0.05, 0) is 87.4 Å². The highest BCUT2D eigenvalue weighted by Gasteiger charge is 2.40. The van der Waals surface area contributed by atoms with Gasteiger partial charge in [0.1, 0.15) is 0 Å². The van der Waals surface area contributed by atoms with E-state index in [0.717, 1.165) is 29.6 Å². The van der Waals surface area contributed by atoms with Crippen molar-refractivity contribution in [3.8, 4) is 6.07 Å². The highest BCUT2D eigenvalue weighted by molar-refractivity contribution is 5.03. The molecule has 0 heterocycles. The molecule has 2 unspecified atom stereocenters. The van der Waals surface area contributed by atoms with E-state index in [1.54, 1.807) is 0 Å². The summed E-state index contributed by atoms with van der Waals surface area (Å²) in [6.07, 6.45) is 25.0. The minimum atomic E-state index is 0.0343. The normalized spacial score (nSPS) is 39.4. The minimum Gasteiger partial charge on any atom is -0.198 e. The Bertz CT molecular complexity index is 475. The van der Waals surface area contributed by atoms with E-state index in [1.165, 1.54) is 116 Å². The number of nitrogens with zero attached hydrogens (tertiary/aromatic N) is 1. The molecule has 0 aromatic carbocycles. The van der Waals surface area contributed by atoms with Gasteiger partial charge >= 0.3 is 0 Å². The zero-order valence-electron chi connectivity index (χ0n) is 19.1. The van der Waals surface area contributed by atoms with Gasteiger partial charge in [0.05, 0.1) is 11.5 Å². The second-order valence-electron chi connectivity index (χ2n) is 11.0. The fourth-order valence-corrected chi connectivity index (χ4v) is 7.35. The fraction of sp³-hybridized carbons (Fsp3) is 0.963. The summed E-state index contributed by atoms with van der Waals surface area (Å²) in [6, 6.07) is 2.82. The number of hydrogen-bond acceptors (Lipinski definition) is 1. The molecule has 2 atom stereocenters. The van der Waals surface area contributed by atoms with Crippen molar-refractivity contribution in [1.29, 1.82) is 5.26 Å². The molecule has 3 aliphatic rings. The van der Waals surface area contributed by atoms with E-state index in [4.69, 9.17) is 0 Å². The third-order valence-electron chi connectivity index (χ3n) is 9.12. The number of nitriles is 1. The van der Waals surface area contributed by atoms with Crippen LogP contribution in [0.2, 0.25) is 0 Å². The van der Waals surface area contributed by atoms with Crippen LogP contribution in [0.15, 0.2) is 0 Å². The van der Waals surface area contributed by atoms with Crippen LogP contribution in [-0.4, -0.2) is 0 Å². The third-order valence-corrected chi connectivity index (χ3v) is 9.12. The van der Waals surface area contributed by atoms with Crippen molar-refractivity contribution in [1.82, 2.24) is 0 Å². The summed E-state index contributed by atoms with van der Waals surface area (Å²) in [5.74, 6) is 4.93. The molecule has 3 fully saturated rings. The standard InChI is InChI=1S/C27H47N/c1-3-5-6-18-27(21-28)19-7-9-26(20-27)25-16-14-24(15-17-25)23-12-10-22(8-4-2)11-13-23/h22-26H,3-20H2,1-2H3/t22-,23-,24?,25?,26?,27?. The van der Waals surface area contributed by atoms with Crippen molar-refractivity contribution in [2.24, 2.45) is 35.0 Å². The van der Waals surface area contributed by atoms with Crippen molar-refractivity contribution in [3.05, 3.63) is 0 Å². The Kier molecular flexibility index (Phi) is 8.74. The molecule has 0 spiro atoms. The Morgan fingerprint density at radius 2 is 1.36 bits per heavy atom. The molecule has 0 saturated heterocycles. The molecule has 0 aromatic heterocycles. The molecular weight excluding hydrogens is 338 g/mol. The van der Waals surface area contributed by atoms with E-state index in [9.17, 15) is 5.26 Å². The van der Waals surface area contributed by atoms with Gasteiger partial charge in [0.25, 0.3) is 0 Å². The highest BCUT2D eigenvalue weighted by Crippen LogP contribution is 2.50. The molecule has 0 aliphatic heterocycles. The summed E-state index contributed by atoms with van der Waals surface area (Å²) >= 11 is 0. The lowest BCUT2D eigenvalue weighted by atomic mass is 9.61. The lowest BCUT2D eigenvalue weighted by Crippen LogP contribution is -2.34. The molecule has 0 radical (unpaired) electrons. The van der Waals surface area contributed by atoms with Crippen molar-refractivity contribution in [2.45, 2.75) is 129 Å². The third kappa shape index (κ3) is 5.77. The first kappa shape index (κ1) is 22.2. The second-order valence-corrected chi connectivity index (χ2v) is 11.0. The maximum atomic E-state index is 9.98. The molecule has 0 aromatic rings. The van der Waals surface area contributed by atoms with Crippen LogP contribution in [0.25, 0.3) is 0 Å². The van der Waals surface area contributed by atoms with Crippen LogP contribution in [0.3, 0.4) is 0 Å². The van der Waals surface area contributed by atoms with Gasteiger partial charge < -0.3 is 0 Å². The highest BCUT2D eigenvalue weighted by atomic mass is 14.5. The average molecular weight is 386 g/mol. The van der Waals surface area contributed by atoms with Gasteiger partial charge in [-0.3, -0.25) is 0 Å². The Balaban J connectivity index is 1.45. The van der Waals surface area contributed by atoms with Crippen LogP contribution < -0.4 is 0 Å². The van der Waals surface area contributed by atoms with Crippen LogP contribution in [0, 0.1) is 46.3 Å². The SMILES string of the molecule is CCCCCC1(C#N)CCCC(C2CCC([C@H]3CC[C@H](CCC)CC3)CC2)C1. The van der Waals surface area contributed by atoms with Crippen molar-refractivity contribution < 1.29 is 0 Å².